The van der Waals surface area contributed by atoms with Crippen LogP contribution in [0.2, 0.25) is 0 Å². The second kappa shape index (κ2) is 8.62. The molecule has 0 radical (unpaired) electrons. The summed E-state index contributed by atoms with van der Waals surface area (Å²) in [6.07, 6.45) is 0. The molecule has 1 nitrogen and oxygen atoms in total. The van der Waals surface area contributed by atoms with Crippen molar-refractivity contribution in [3.05, 3.63) is 179 Å². The molecule has 1 unspecified atom stereocenters. The van der Waals surface area contributed by atoms with E-state index in [4.69, 9.17) is 23.9 Å². The van der Waals surface area contributed by atoms with Crippen LogP contribution in [0.5, 0.6) is 11.5 Å². The van der Waals surface area contributed by atoms with Crippen molar-refractivity contribution < 1.29 is 40.4 Å². The van der Waals surface area contributed by atoms with Gasteiger partial charge >= 0.3 is 0 Å². The Labute approximate surface area is 303 Å². The van der Waals surface area contributed by atoms with Gasteiger partial charge in [0.2, 0.25) is 0 Å². The normalized spacial score (nSPS) is 24.0. The first-order valence-corrected chi connectivity index (χ1v) is 13.9. The first kappa shape index (κ1) is 10.6. The number of hydrogen-bond acceptors (Lipinski definition) is 1. The molecule has 2 aliphatic carbocycles. The zero-order valence-electron chi connectivity index (χ0n) is 48.9. The third-order valence-corrected chi connectivity index (χ3v) is 8.70. The van der Waals surface area contributed by atoms with Crippen LogP contribution >= 0.6 is 0 Å². The van der Waals surface area contributed by atoms with E-state index >= 15 is 0 Å². The maximum atomic E-state index is 10.4. The molecule has 0 N–H and O–H groups in total. The van der Waals surface area contributed by atoms with Gasteiger partial charge in [-0.25, -0.2) is 0 Å². The van der Waals surface area contributed by atoms with E-state index in [1.54, 1.807) is 0 Å². The molecule has 0 amide bonds. The molecule has 1 atom stereocenters. The molecule has 0 bridgehead atoms. The molecule has 0 saturated carbocycles. The van der Waals surface area contributed by atoms with Gasteiger partial charge in [0, 0.05) is 10.9 Å². The highest BCUT2D eigenvalue weighted by molar-refractivity contribution is 6.11. The van der Waals surface area contributed by atoms with Gasteiger partial charge < -0.3 is 4.74 Å². The lowest BCUT2D eigenvalue weighted by Crippen LogP contribution is -2.31. The molecule has 0 fully saturated rings. The van der Waals surface area contributed by atoms with Crippen molar-refractivity contribution in [1.82, 2.24) is 0 Å². The number of rotatable bonds is 1. The lowest BCUT2D eigenvalue weighted by atomic mass is 9.61. The number of ether oxygens (including phenoxy) is 1. The summed E-state index contributed by atoms with van der Waals surface area (Å²) in [6.45, 7) is 0. The van der Waals surface area contributed by atoms with Crippen molar-refractivity contribution in [2.24, 2.45) is 0 Å². The molecule has 46 heavy (non-hydrogen) atoms. The lowest BCUT2D eigenvalue weighted by Gasteiger charge is -2.40. The molecule has 8 aromatic rings. The minimum absolute atomic E-state index is 0.443. The van der Waals surface area contributed by atoms with Crippen molar-refractivity contribution in [2.45, 2.75) is 5.41 Å². The highest BCUT2D eigenvalue weighted by Crippen LogP contribution is 2.62. The van der Waals surface area contributed by atoms with E-state index in [0.29, 0.717) is 0 Å². The lowest BCUT2D eigenvalue weighted by molar-refractivity contribution is 0.487. The summed E-state index contributed by atoms with van der Waals surface area (Å²) in [5.41, 5.74) is -10.6. The Morgan fingerprint density at radius 2 is 0.978 bits per heavy atom. The first-order chi connectivity index (χ1) is 33.6. The summed E-state index contributed by atoms with van der Waals surface area (Å²) in [5, 5.41) is -2.14. The zero-order chi connectivity index (χ0) is 52.6. The largest absolute Gasteiger partial charge is 0.456 e. The van der Waals surface area contributed by atoms with Gasteiger partial charge in [-0.2, -0.15) is 0 Å². The maximum Gasteiger partial charge on any atom is 0.135 e. The second-order valence-corrected chi connectivity index (χ2v) is 10.8. The number of hydrogen-bond donors (Lipinski definition) is 0. The molecule has 212 valence electrons. The zero-order valence-corrected chi connectivity index (χ0v) is 22.9. The van der Waals surface area contributed by atoms with Gasteiger partial charge in [-0.1, -0.05) is 139 Å². The molecule has 0 saturated heterocycles. The summed E-state index contributed by atoms with van der Waals surface area (Å²) in [6, 6.07) is -23.4. The third kappa shape index (κ3) is 2.87. The van der Waals surface area contributed by atoms with Gasteiger partial charge in [0.05, 0.1) is 41.1 Å². The molecular formula is C45H26O. The highest BCUT2D eigenvalue weighted by Gasteiger charge is 2.50. The van der Waals surface area contributed by atoms with Gasteiger partial charge in [-0.05, 0) is 95.5 Å². The fourth-order valence-corrected chi connectivity index (χ4v) is 6.92. The van der Waals surface area contributed by atoms with Gasteiger partial charge in [0.15, 0.2) is 0 Å². The average Bonchev–Trinajstić information content (AvgIpc) is 3.66. The number of fused-ring (bicyclic) bond motifs is 11. The smallest absolute Gasteiger partial charge is 0.135 e. The van der Waals surface area contributed by atoms with Gasteiger partial charge in [0.25, 0.3) is 0 Å². The predicted molar refractivity (Wildman–Crippen MR) is 189 cm³/mol. The molecular weight excluding hydrogens is 556 g/mol. The molecule has 11 rings (SSSR count). The predicted octanol–water partition coefficient (Wildman–Crippen LogP) is 11.8. The minimum atomic E-state index is -2.95. The standard InChI is InChI=1S/C45H26O/c1-4-18-37-30(12-1)32-23-22-28(29-24-25-42-44-34(29)16-9-17-36(44)33-14-3-6-21-41(33)46-42)26-40(32)45(37)38-19-5-2-13-31(38)35-15-7-10-27-11-8-20-39(45)43(27)35/h1-26H/i1D,2D,3D,4D,5D,6D,7D,8D,9D,10D,11D,12D,13D,14D,15D,16D,17D,18D,19D,20D,21D,22D,23D,24D,25D,26D. The molecule has 1 heterocycles. The Morgan fingerprint density at radius 3 is 1.80 bits per heavy atom. The van der Waals surface area contributed by atoms with E-state index in [-0.39, 0.29) is 0 Å². The molecule has 3 aliphatic rings. The van der Waals surface area contributed by atoms with Gasteiger partial charge in [-0.15, -0.1) is 0 Å². The van der Waals surface area contributed by atoms with E-state index in [1.807, 2.05) is 0 Å². The molecule has 1 spiro atoms. The van der Waals surface area contributed by atoms with Gasteiger partial charge in [-0.3, -0.25) is 0 Å². The Kier molecular flexibility index (Phi) is 1.98. The Morgan fingerprint density at radius 1 is 0.391 bits per heavy atom. The van der Waals surface area contributed by atoms with Crippen LogP contribution in [0.3, 0.4) is 0 Å². The van der Waals surface area contributed by atoms with Crippen LogP contribution in [-0.4, -0.2) is 0 Å². The summed E-state index contributed by atoms with van der Waals surface area (Å²) in [4.78, 5) is 0. The number of para-hydroxylation sites is 1. The van der Waals surface area contributed by atoms with E-state index in [1.165, 1.54) is 0 Å². The fraction of sp³-hybridized carbons (Fsp3) is 0.0222. The van der Waals surface area contributed by atoms with Crippen LogP contribution < -0.4 is 4.74 Å². The quantitative estimate of drug-likeness (QED) is 0.180. The van der Waals surface area contributed by atoms with Crippen LogP contribution in [0.4, 0.5) is 0 Å². The van der Waals surface area contributed by atoms with Gasteiger partial charge in [0.1, 0.15) is 11.5 Å². The summed E-state index contributed by atoms with van der Waals surface area (Å²) in [5.74, 6) is -1.20. The highest BCUT2D eigenvalue weighted by atomic mass is 16.5. The third-order valence-electron chi connectivity index (χ3n) is 8.70. The van der Waals surface area contributed by atoms with Crippen molar-refractivity contribution in [3.8, 4) is 56.0 Å². The Balaban J connectivity index is 1.46. The summed E-state index contributed by atoms with van der Waals surface area (Å²) in [7, 11) is 0. The fourth-order valence-electron chi connectivity index (χ4n) is 6.92. The molecule has 0 aromatic heterocycles. The van der Waals surface area contributed by atoms with Crippen LogP contribution in [-0.2, 0) is 5.41 Å². The van der Waals surface area contributed by atoms with Crippen LogP contribution in [0, 0.1) is 0 Å². The molecule has 8 aromatic carbocycles. The van der Waals surface area contributed by atoms with Crippen LogP contribution in [0.1, 0.15) is 57.9 Å². The SMILES string of the molecule is [2H]c1c([2H])c([2H])c2c(c1[2H])Oc1c([2H])c([2H])c(-c3c([2H])c([2H])c4c(c3[2H])C3(c5c([2H])c([2H])c([2H])c([2H])c5-4)c4c([2H])c([2H])c([2H])c([2H])c4-c4c([2H])c([2H])c([2H])c5c([2H])c([2H])c([2H])c3c45)c3c([2H])c([2H])c([2H])c-2c13. The minimum Gasteiger partial charge on any atom is -0.456 e. The Bertz CT molecular complexity index is 4080. The van der Waals surface area contributed by atoms with Crippen LogP contribution in [0.15, 0.2) is 157 Å². The number of benzene rings is 8. The van der Waals surface area contributed by atoms with Crippen molar-refractivity contribution >= 4 is 21.5 Å². The maximum absolute atomic E-state index is 10.4. The van der Waals surface area contributed by atoms with Crippen molar-refractivity contribution in [2.75, 3.05) is 0 Å². The topological polar surface area (TPSA) is 9.23 Å². The van der Waals surface area contributed by atoms with E-state index in [2.05, 4.69) is 0 Å². The molecule has 1 heteroatoms. The Hall–Kier alpha value is -5.92. The van der Waals surface area contributed by atoms with E-state index < -0.39 is 262 Å². The first-order valence-electron chi connectivity index (χ1n) is 26.9. The molecule has 1 aliphatic heterocycles. The van der Waals surface area contributed by atoms with E-state index in [9.17, 15) is 16.4 Å². The summed E-state index contributed by atoms with van der Waals surface area (Å²) >= 11 is 0. The van der Waals surface area contributed by atoms with Crippen molar-refractivity contribution in [3.63, 3.8) is 0 Å². The monoisotopic (exact) mass is 608 g/mol. The summed E-state index contributed by atoms with van der Waals surface area (Å²) < 4.78 is 245. The van der Waals surface area contributed by atoms with E-state index in [0.717, 1.165) is 0 Å². The average molecular weight is 609 g/mol. The second-order valence-electron chi connectivity index (χ2n) is 10.8. The van der Waals surface area contributed by atoms with Crippen molar-refractivity contribution in [1.29, 1.82) is 0 Å². The van der Waals surface area contributed by atoms with Crippen LogP contribution in [0.25, 0.3) is 66.1 Å².